The molecule has 2 aromatic carbocycles. The fraction of sp³-hybridized carbons (Fsp3) is 0.357. The number of anilines is 1. The first-order valence-electron chi connectivity index (χ1n) is 12.7. The van der Waals surface area contributed by atoms with Crippen molar-refractivity contribution in [2.45, 2.75) is 44.7 Å². The van der Waals surface area contributed by atoms with Gasteiger partial charge in [0.2, 0.25) is 0 Å². The molecule has 0 spiro atoms. The van der Waals surface area contributed by atoms with E-state index >= 15 is 0 Å². The molecule has 0 saturated carbocycles. The van der Waals surface area contributed by atoms with Gasteiger partial charge in [0, 0.05) is 54.7 Å². The molecule has 0 bridgehead atoms. The van der Waals surface area contributed by atoms with E-state index in [2.05, 4.69) is 71.2 Å². The van der Waals surface area contributed by atoms with Crippen molar-refractivity contribution < 1.29 is 4.42 Å². The fourth-order valence-electron chi connectivity index (χ4n) is 5.19. The lowest BCUT2D eigenvalue weighted by Crippen LogP contribution is -2.12. The average Bonchev–Trinajstić information content (AvgIpc) is 3.37. The first-order chi connectivity index (χ1) is 18.0. The molecular weight excluding hydrogens is 548 g/mol. The summed E-state index contributed by atoms with van der Waals surface area (Å²) < 4.78 is 8.94. The number of benzene rings is 2. The SMILES string of the molecule is Cc1ccc2c(-c3nnc(SCCCC4CCc5c(cc6oc(C)nc6c5Br)NC4)n3C)cccc2n1. The number of oxazole rings is 1. The fourth-order valence-corrected chi connectivity index (χ4v) is 6.76. The summed E-state index contributed by atoms with van der Waals surface area (Å²) in [6.07, 6.45) is 4.51. The molecule has 37 heavy (non-hydrogen) atoms. The summed E-state index contributed by atoms with van der Waals surface area (Å²) in [6.45, 7) is 4.89. The molecule has 1 aliphatic rings. The molecule has 3 aromatic heterocycles. The average molecular weight is 578 g/mol. The quantitative estimate of drug-likeness (QED) is 0.170. The lowest BCUT2D eigenvalue weighted by molar-refractivity contribution is 0.476. The lowest BCUT2D eigenvalue weighted by Gasteiger charge is -2.14. The smallest absolute Gasteiger partial charge is 0.192 e. The number of hydrogen-bond acceptors (Lipinski definition) is 7. The van der Waals surface area contributed by atoms with E-state index in [1.807, 2.05) is 32.0 Å². The Labute approximate surface area is 228 Å². The number of aryl methyl sites for hydroxylation is 2. The zero-order valence-electron chi connectivity index (χ0n) is 21.2. The van der Waals surface area contributed by atoms with E-state index < -0.39 is 0 Å². The zero-order valence-corrected chi connectivity index (χ0v) is 23.6. The third-order valence-electron chi connectivity index (χ3n) is 7.15. The van der Waals surface area contributed by atoms with Crippen LogP contribution < -0.4 is 5.32 Å². The predicted octanol–water partition coefficient (Wildman–Crippen LogP) is 7.10. The van der Waals surface area contributed by atoms with Crippen molar-refractivity contribution in [3.8, 4) is 11.4 Å². The van der Waals surface area contributed by atoms with Crippen LogP contribution in [-0.2, 0) is 13.5 Å². The van der Waals surface area contributed by atoms with Crippen molar-refractivity contribution in [1.29, 1.82) is 0 Å². The molecule has 5 aromatic rings. The monoisotopic (exact) mass is 576 g/mol. The highest BCUT2D eigenvalue weighted by atomic mass is 79.9. The normalized spacial score (nSPS) is 15.6. The van der Waals surface area contributed by atoms with Gasteiger partial charge < -0.3 is 14.3 Å². The van der Waals surface area contributed by atoms with Crippen LogP contribution in [0.2, 0.25) is 0 Å². The van der Waals surface area contributed by atoms with Gasteiger partial charge in [-0.25, -0.2) is 4.98 Å². The number of rotatable bonds is 6. The van der Waals surface area contributed by atoms with Gasteiger partial charge in [-0.05, 0) is 72.2 Å². The molecule has 1 N–H and O–H groups in total. The van der Waals surface area contributed by atoms with Crippen LogP contribution in [0, 0.1) is 19.8 Å². The highest BCUT2D eigenvalue weighted by molar-refractivity contribution is 9.10. The standard InChI is InChI=1S/C28H29BrN6OS/c1-16-9-11-19-20(7-4-8-22(19)31-16)27-33-34-28(35(27)3)37-13-5-6-18-10-12-21-23(30-15-18)14-24-26(25(21)29)32-17(2)36-24/h4,7-9,11,14,18,30H,5-6,10,12-13,15H2,1-3H3. The predicted molar refractivity (Wildman–Crippen MR) is 153 cm³/mol. The van der Waals surface area contributed by atoms with Gasteiger partial charge in [0.25, 0.3) is 0 Å². The summed E-state index contributed by atoms with van der Waals surface area (Å²) in [5, 5.41) is 14.8. The van der Waals surface area contributed by atoms with Gasteiger partial charge in [-0.2, -0.15) is 0 Å². The molecule has 0 amide bonds. The summed E-state index contributed by atoms with van der Waals surface area (Å²) in [5.41, 5.74) is 7.30. The number of thioether (sulfide) groups is 1. The number of halogens is 1. The van der Waals surface area contributed by atoms with Crippen molar-refractivity contribution in [1.82, 2.24) is 24.7 Å². The Kier molecular flexibility index (Phi) is 6.67. The maximum Gasteiger partial charge on any atom is 0.192 e. The van der Waals surface area contributed by atoms with Gasteiger partial charge in [0.1, 0.15) is 5.52 Å². The number of fused-ring (bicyclic) bond motifs is 3. The zero-order chi connectivity index (χ0) is 25.5. The molecule has 0 radical (unpaired) electrons. The number of aromatic nitrogens is 5. The van der Waals surface area contributed by atoms with Gasteiger partial charge in [-0.15, -0.1) is 10.2 Å². The summed E-state index contributed by atoms with van der Waals surface area (Å²) in [6, 6.07) is 12.5. The first-order valence-corrected chi connectivity index (χ1v) is 14.5. The maximum absolute atomic E-state index is 5.77. The number of hydrogen-bond donors (Lipinski definition) is 1. The van der Waals surface area contributed by atoms with E-state index in [1.54, 1.807) is 11.8 Å². The van der Waals surface area contributed by atoms with Gasteiger partial charge in [-0.1, -0.05) is 30.0 Å². The molecule has 1 atom stereocenters. The number of pyridine rings is 1. The maximum atomic E-state index is 5.77. The van der Waals surface area contributed by atoms with Crippen molar-refractivity contribution in [2.24, 2.45) is 13.0 Å². The topological polar surface area (TPSA) is 81.7 Å². The Morgan fingerprint density at radius 2 is 2.05 bits per heavy atom. The van der Waals surface area contributed by atoms with Crippen LogP contribution in [0.1, 0.15) is 36.4 Å². The van der Waals surface area contributed by atoms with Crippen LogP contribution in [0.3, 0.4) is 0 Å². The molecule has 0 saturated heterocycles. The summed E-state index contributed by atoms with van der Waals surface area (Å²) in [5.74, 6) is 3.23. The molecule has 9 heteroatoms. The van der Waals surface area contributed by atoms with Gasteiger partial charge in [-0.3, -0.25) is 4.98 Å². The largest absolute Gasteiger partial charge is 0.441 e. The summed E-state index contributed by atoms with van der Waals surface area (Å²) in [7, 11) is 2.05. The highest BCUT2D eigenvalue weighted by Gasteiger charge is 2.21. The Morgan fingerprint density at radius 3 is 2.95 bits per heavy atom. The van der Waals surface area contributed by atoms with Crippen LogP contribution in [0.5, 0.6) is 0 Å². The van der Waals surface area contributed by atoms with Gasteiger partial charge in [0.15, 0.2) is 22.5 Å². The van der Waals surface area contributed by atoms with Crippen LogP contribution in [0.15, 0.2) is 50.4 Å². The van der Waals surface area contributed by atoms with Crippen molar-refractivity contribution in [2.75, 3.05) is 17.6 Å². The second-order valence-electron chi connectivity index (χ2n) is 9.76. The van der Waals surface area contributed by atoms with E-state index in [-0.39, 0.29) is 0 Å². The Hall–Kier alpha value is -2.91. The van der Waals surface area contributed by atoms with E-state index in [1.165, 1.54) is 12.0 Å². The molecule has 1 aliphatic heterocycles. The third kappa shape index (κ3) is 4.75. The van der Waals surface area contributed by atoms with E-state index in [4.69, 9.17) is 4.42 Å². The molecule has 190 valence electrons. The van der Waals surface area contributed by atoms with Crippen molar-refractivity contribution in [3.05, 3.63) is 58.0 Å². The van der Waals surface area contributed by atoms with Crippen LogP contribution in [0.4, 0.5) is 5.69 Å². The summed E-state index contributed by atoms with van der Waals surface area (Å²) in [4.78, 5) is 9.21. The van der Waals surface area contributed by atoms with E-state index in [9.17, 15) is 0 Å². The molecule has 0 fully saturated rings. The third-order valence-corrected chi connectivity index (χ3v) is 9.11. The lowest BCUT2D eigenvalue weighted by atomic mass is 9.97. The Balaban J connectivity index is 1.07. The minimum Gasteiger partial charge on any atom is -0.441 e. The minimum atomic E-state index is 0.627. The second-order valence-corrected chi connectivity index (χ2v) is 11.6. The van der Waals surface area contributed by atoms with E-state index in [0.717, 1.165) is 86.0 Å². The first kappa shape index (κ1) is 24.4. The molecule has 7 nitrogen and oxygen atoms in total. The summed E-state index contributed by atoms with van der Waals surface area (Å²) >= 11 is 5.57. The number of nitrogens with zero attached hydrogens (tertiary/aromatic N) is 5. The van der Waals surface area contributed by atoms with Crippen LogP contribution >= 0.6 is 27.7 Å². The van der Waals surface area contributed by atoms with Gasteiger partial charge in [0.05, 0.1) is 9.99 Å². The Bertz CT molecular complexity index is 1610. The second kappa shape index (κ2) is 10.1. The van der Waals surface area contributed by atoms with Crippen molar-refractivity contribution >= 4 is 55.4 Å². The highest BCUT2D eigenvalue weighted by Crippen LogP contribution is 2.37. The minimum absolute atomic E-state index is 0.627. The number of nitrogens with one attached hydrogen (secondary N) is 1. The van der Waals surface area contributed by atoms with Crippen LogP contribution in [0.25, 0.3) is 33.4 Å². The molecule has 6 rings (SSSR count). The molecule has 4 heterocycles. The molecule has 0 aliphatic carbocycles. The van der Waals surface area contributed by atoms with E-state index in [0.29, 0.717) is 11.8 Å². The van der Waals surface area contributed by atoms with Gasteiger partial charge >= 0.3 is 0 Å². The van der Waals surface area contributed by atoms with Crippen molar-refractivity contribution in [3.63, 3.8) is 0 Å². The van der Waals surface area contributed by atoms with Crippen LogP contribution in [-0.4, -0.2) is 37.0 Å². The molecule has 1 unspecified atom stereocenters. The Morgan fingerprint density at radius 1 is 1.16 bits per heavy atom. The molecular formula is C28H29BrN6OS.